The molecule has 0 saturated carbocycles. The number of benzene rings is 1. The first kappa shape index (κ1) is 17.1. The second-order valence-electron chi connectivity index (χ2n) is 6.50. The number of carbonyl (C=O) groups is 1. The van der Waals surface area contributed by atoms with E-state index in [2.05, 4.69) is 4.90 Å². The van der Waals surface area contributed by atoms with Crippen LogP contribution in [0, 0.1) is 6.92 Å². The number of fused-ring (bicyclic) bond motifs is 1. The van der Waals surface area contributed by atoms with Crippen molar-refractivity contribution in [2.45, 2.75) is 13.5 Å². The largest absolute Gasteiger partial charge is 0.454 e. The van der Waals surface area contributed by atoms with Gasteiger partial charge < -0.3 is 18.9 Å². The lowest BCUT2D eigenvalue weighted by atomic mass is 10.1. The number of hydrogen-bond acceptors (Lipinski definition) is 6. The predicted octanol–water partition coefficient (Wildman–Crippen LogP) is 1.40. The van der Waals surface area contributed by atoms with E-state index in [-0.39, 0.29) is 17.6 Å². The Hall–Kier alpha value is -2.32. The highest BCUT2D eigenvalue weighted by Gasteiger charge is 2.24. The number of nitrogens with zero attached hydrogens (tertiary/aromatic N) is 3. The zero-order valence-corrected chi connectivity index (χ0v) is 15.5. The highest BCUT2D eigenvalue weighted by atomic mass is 32.1. The maximum atomic E-state index is 12.7. The van der Waals surface area contributed by atoms with Gasteiger partial charge in [-0.1, -0.05) is 11.3 Å². The van der Waals surface area contributed by atoms with E-state index in [1.54, 1.807) is 18.2 Å². The number of aryl methyl sites for hydroxylation is 1. The van der Waals surface area contributed by atoms with Crippen LogP contribution in [0.1, 0.15) is 16.1 Å². The van der Waals surface area contributed by atoms with Crippen molar-refractivity contribution in [3.8, 4) is 11.5 Å². The van der Waals surface area contributed by atoms with Crippen LogP contribution in [0.2, 0.25) is 0 Å². The maximum absolute atomic E-state index is 12.7. The van der Waals surface area contributed by atoms with Gasteiger partial charge in [0.2, 0.25) is 6.79 Å². The first-order chi connectivity index (χ1) is 12.6. The number of carbonyl (C=O) groups excluding carboxylic acids is 1. The molecule has 138 valence electrons. The van der Waals surface area contributed by atoms with Crippen LogP contribution in [0.3, 0.4) is 0 Å². The van der Waals surface area contributed by atoms with E-state index in [0.29, 0.717) is 36.7 Å². The Morgan fingerprint density at radius 1 is 1.12 bits per heavy atom. The molecule has 2 aromatic rings. The summed E-state index contributed by atoms with van der Waals surface area (Å²) in [6, 6.07) is 5.32. The quantitative estimate of drug-likeness (QED) is 0.808. The molecule has 0 bridgehead atoms. The Balaban J connectivity index is 1.32. The van der Waals surface area contributed by atoms with Crippen molar-refractivity contribution in [1.82, 2.24) is 14.4 Å². The number of aromatic nitrogens is 1. The van der Waals surface area contributed by atoms with E-state index in [0.717, 1.165) is 25.3 Å². The summed E-state index contributed by atoms with van der Waals surface area (Å²) >= 11 is 1.24. The minimum absolute atomic E-state index is 0.0212. The zero-order chi connectivity index (χ0) is 18.1. The molecule has 26 heavy (non-hydrogen) atoms. The van der Waals surface area contributed by atoms with Crippen molar-refractivity contribution in [3.63, 3.8) is 0 Å². The highest BCUT2D eigenvalue weighted by Crippen LogP contribution is 2.32. The van der Waals surface area contributed by atoms with Crippen molar-refractivity contribution in [3.05, 3.63) is 44.5 Å². The molecule has 3 heterocycles. The lowest BCUT2D eigenvalue weighted by Crippen LogP contribution is -2.49. The van der Waals surface area contributed by atoms with Gasteiger partial charge in [-0.05, 0) is 25.1 Å². The molecule has 1 aromatic heterocycles. The third-order valence-electron chi connectivity index (χ3n) is 4.90. The minimum atomic E-state index is 0.0212. The molecule has 1 aromatic carbocycles. The van der Waals surface area contributed by atoms with Gasteiger partial charge in [0, 0.05) is 55.9 Å². The number of hydrogen-bond donors (Lipinski definition) is 0. The Bertz CT molecular complexity index is 868. The molecular weight excluding hydrogens is 354 g/mol. The van der Waals surface area contributed by atoms with Crippen molar-refractivity contribution >= 4 is 17.2 Å². The van der Waals surface area contributed by atoms with E-state index in [9.17, 15) is 9.59 Å². The molecule has 0 N–H and O–H groups in total. The second kappa shape index (κ2) is 7.13. The molecule has 8 heteroatoms. The molecule has 1 amide bonds. The normalized spacial score (nSPS) is 16.9. The Kier molecular flexibility index (Phi) is 4.69. The van der Waals surface area contributed by atoms with Crippen molar-refractivity contribution < 1.29 is 14.3 Å². The van der Waals surface area contributed by atoms with Crippen LogP contribution in [0.15, 0.2) is 28.4 Å². The molecule has 4 rings (SSSR count). The van der Waals surface area contributed by atoms with Gasteiger partial charge in [-0.25, -0.2) is 0 Å². The average molecular weight is 375 g/mol. The number of amides is 1. The topological polar surface area (TPSA) is 64.0 Å². The van der Waals surface area contributed by atoms with E-state index >= 15 is 0 Å². The van der Waals surface area contributed by atoms with Crippen LogP contribution in [0.25, 0.3) is 0 Å². The SMILES string of the molecule is Cc1csc(=O)n1CCN1CCN(C(=O)c2ccc3c(c2)OCO3)CC1. The third-order valence-corrected chi connectivity index (χ3v) is 5.78. The summed E-state index contributed by atoms with van der Waals surface area (Å²) in [5.41, 5.74) is 1.64. The highest BCUT2D eigenvalue weighted by molar-refractivity contribution is 7.07. The van der Waals surface area contributed by atoms with Gasteiger partial charge in [0.15, 0.2) is 11.5 Å². The number of rotatable bonds is 4. The molecule has 0 spiro atoms. The molecule has 1 saturated heterocycles. The van der Waals surface area contributed by atoms with Crippen LogP contribution < -0.4 is 14.3 Å². The fourth-order valence-electron chi connectivity index (χ4n) is 3.30. The fraction of sp³-hybridized carbons (Fsp3) is 0.444. The Morgan fingerprint density at radius 3 is 2.62 bits per heavy atom. The molecule has 0 atom stereocenters. The third kappa shape index (κ3) is 3.34. The number of thiazole rings is 1. The molecule has 2 aliphatic heterocycles. The first-order valence-electron chi connectivity index (χ1n) is 8.68. The standard InChI is InChI=1S/C18H21N3O4S/c1-13-11-26-18(23)21(13)9-6-19-4-7-20(8-5-19)17(22)14-2-3-15-16(10-14)25-12-24-15/h2-3,10-11H,4-9,12H2,1H3. The number of ether oxygens (including phenoxy) is 2. The molecule has 0 aliphatic carbocycles. The summed E-state index contributed by atoms with van der Waals surface area (Å²) in [7, 11) is 0. The monoisotopic (exact) mass is 375 g/mol. The predicted molar refractivity (Wildman–Crippen MR) is 98.2 cm³/mol. The summed E-state index contributed by atoms with van der Waals surface area (Å²) in [6.07, 6.45) is 0. The lowest BCUT2D eigenvalue weighted by Gasteiger charge is -2.34. The van der Waals surface area contributed by atoms with Gasteiger partial charge >= 0.3 is 4.87 Å². The van der Waals surface area contributed by atoms with Crippen LogP contribution in [0.4, 0.5) is 0 Å². The van der Waals surface area contributed by atoms with Gasteiger partial charge in [0.1, 0.15) is 0 Å². The van der Waals surface area contributed by atoms with Crippen molar-refractivity contribution in [1.29, 1.82) is 0 Å². The molecule has 0 radical (unpaired) electrons. The average Bonchev–Trinajstić information content (AvgIpc) is 3.26. The summed E-state index contributed by atoms with van der Waals surface area (Å²) in [4.78, 5) is 28.8. The van der Waals surface area contributed by atoms with Gasteiger partial charge in [0.05, 0.1) is 0 Å². The fourth-order valence-corrected chi connectivity index (χ4v) is 4.06. The van der Waals surface area contributed by atoms with Gasteiger partial charge in [-0.3, -0.25) is 14.5 Å². The second-order valence-corrected chi connectivity index (χ2v) is 7.32. The van der Waals surface area contributed by atoms with Gasteiger partial charge in [-0.2, -0.15) is 0 Å². The maximum Gasteiger partial charge on any atom is 0.307 e. The van der Waals surface area contributed by atoms with Crippen LogP contribution in [-0.4, -0.2) is 59.8 Å². The molecule has 0 unspecified atom stereocenters. The molecule has 2 aliphatic rings. The van der Waals surface area contributed by atoms with E-state index < -0.39 is 0 Å². The Labute approximate surface area is 155 Å². The smallest absolute Gasteiger partial charge is 0.307 e. The number of piperazine rings is 1. The minimum Gasteiger partial charge on any atom is -0.454 e. The summed E-state index contributed by atoms with van der Waals surface area (Å²) in [5, 5.41) is 1.89. The van der Waals surface area contributed by atoms with Crippen molar-refractivity contribution in [2.24, 2.45) is 0 Å². The van der Waals surface area contributed by atoms with Crippen LogP contribution >= 0.6 is 11.3 Å². The zero-order valence-electron chi connectivity index (χ0n) is 14.6. The van der Waals surface area contributed by atoms with E-state index in [4.69, 9.17) is 9.47 Å². The molecular formula is C18H21N3O4S. The van der Waals surface area contributed by atoms with Crippen LogP contribution in [0.5, 0.6) is 11.5 Å². The van der Waals surface area contributed by atoms with Crippen LogP contribution in [-0.2, 0) is 6.54 Å². The summed E-state index contributed by atoms with van der Waals surface area (Å²) < 4.78 is 12.5. The first-order valence-corrected chi connectivity index (χ1v) is 9.56. The Morgan fingerprint density at radius 2 is 1.88 bits per heavy atom. The lowest BCUT2D eigenvalue weighted by molar-refractivity contribution is 0.0632. The van der Waals surface area contributed by atoms with E-state index in [1.807, 2.05) is 21.8 Å². The molecule has 1 fully saturated rings. The molecule has 7 nitrogen and oxygen atoms in total. The van der Waals surface area contributed by atoms with Gasteiger partial charge in [-0.15, -0.1) is 0 Å². The van der Waals surface area contributed by atoms with Crippen molar-refractivity contribution in [2.75, 3.05) is 39.5 Å². The van der Waals surface area contributed by atoms with Gasteiger partial charge in [0.25, 0.3) is 5.91 Å². The summed E-state index contributed by atoms with van der Waals surface area (Å²) in [6.45, 7) is 6.68. The van der Waals surface area contributed by atoms with E-state index in [1.165, 1.54) is 11.3 Å². The summed E-state index contributed by atoms with van der Waals surface area (Å²) in [5.74, 6) is 1.34.